The molecule has 1 heterocycles. The molecule has 6 heteroatoms. The first-order chi connectivity index (χ1) is 10.7. The fourth-order valence-corrected chi connectivity index (χ4v) is 3.02. The molecule has 0 radical (unpaired) electrons. The summed E-state index contributed by atoms with van der Waals surface area (Å²) in [6, 6.07) is 10.0. The number of carbonyl (C=O) groups is 1. The number of benzene rings is 1. The summed E-state index contributed by atoms with van der Waals surface area (Å²) in [5.74, 6) is 0.433. The van der Waals surface area contributed by atoms with Crippen LogP contribution in [-0.4, -0.2) is 26.7 Å². The Balaban J connectivity index is 1.62. The molecule has 1 aromatic carbocycles. The van der Waals surface area contributed by atoms with Gasteiger partial charge in [0.25, 0.3) is 0 Å². The maximum Gasteiger partial charge on any atom is 0.222 e. The van der Waals surface area contributed by atoms with Crippen LogP contribution < -0.4 is 11.1 Å². The average Bonchev–Trinajstić information content (AvgIpc) is 3.03. The predicted molar refractivity (Wildman–Crippen MR) is 83.1 cm³/mol. The zero-order chi connectivity index (χ0) is 15.4. The van der Waals surface area contributed by atoms with Crippen molar-refractivity contribution in [2.45, 2.75) is 38.3 Å². The van der Waals surface area contributed by atoms with E-state index in [9.17, 15) is 4.79 Å². The Morgan fingerprint density at radius 3 is 2.82 bits per heavy atom. The normalized spacial score (nSPS) is 21.6. The van der Waals surface area contributed by atoms with Gasteiger partial charge in [-0.1, -0.05) is 31.0 Å². The Morgan fingerprint density at radius 2 is 2.05 bits per heavy atom. The summed E-state index contributed by atoms with van der Waals surface area (Å²) in [7, 11) is 0. The molecule has 2 aromatic rings. The van der Waals surface area contributed by atoms with Crippen LogP contribution >= 0.6 is 0 Å². The Hall–Kier alpha value is -2.21. The molecule has 0 unspecified atom stereocenters. The average molecular weight is 299 g/mol. The Labute approximate surface area is 129 Å². The second kappa shape index (κ2) is 6.70. The quantitative estimate of drug-likeness (QED) is 0.874. The van der Waals surface area contributed by atoms with E-state index in [0.717, 1.165) is 37.2 Å². The van der Waals surface area contributed by atoms with Crippen molar-refractivity contribution in [2.75, 3.05) is 0 Å². The number of hydrogen-bond donors (Lipinski definition) is 2. The maximum atomic E-state index is 11.5. The van der Waals surface area contributed by atoms with E-state index in [1.165, 1.54) is 0 Å². The molecule has 1 aliphatic carbocycles. The SMILES string of the molecule is NC(=O)[C@@H]1CCCC[C@H]1NCc1ncn(-c2ccccc2)n1. The minimum Gasteiger partial charge on any atom is -0.369 e. The molecule has 1 aromatic heterocycles. The third-order valence-electron chi connectivity index (χ3n) is 4.21. The van der Waals surface area contributed by atoms with Crippen molar-refractivity contribution in [3.8, 4) is 5.69 Å². The van der Waals surface area contributed by atoms with E-state index < -0.39 is 0 Å². The highest BCUT2D eigenvalue weighted by Gasteiger charge is 2.29. The highest BCUT2D eigenvalue weighted by Crippen LogP contribution is 2.24. The third kappa shape index (κ3) is 3.33. The molecule has 1 aliphatic rings. The first-order valence-electron chi connectivity index (χ1n) is 7.72. The van der Waals surface area contributed by atoms with Gasteiger partial charge in [-0.15, -0.1) is 5.10 Å². The number of amides is 1. The highest BCUT2D eigenvalue weighted by atomic mass is 16.1. The molecule has 0 aliphatic heterocycles. The third-order valence-corrected chi connectivity index (χ3v) is 4.21. The first kappa shape index (κ1) is 14.7. The number of nitrogens with one attached hydrogen (secondary N) is 1. The molecular weight excluding hydrogens is 278 g/mol. The van der Waals surface area contributed by atoms with Crippen LogP contribution in [0.3, 0.4) is 0 Å². The fourth-order valence-electron chi connectivity index (χ4n) is 3.02. The van der Waals surface area contributed by atoms with Crippen molar-refractivity contribution < 1.29 is 4.79 Å². The molecule has 3 N–H and O–H groups in total. The zero-order valence-corrected chi connectivity index (χ0v) is 12.5. The zero-order valence-electron chi connectivity index (χ0n) is 12.5. The van der Waals surface area contributed by atoms with Crippen LogP contribution in [-0.2, 0) is 11.3 Å². The molecule has 1 fully saturated rings. The van der Waals surface area contributed by atoms with Crippen LogP contribution in [0, 0.1) is 5.92 Å². The van der Waals surface area contributed by atoms with Crippen molar-refractivity contribution in [3.63, 3.8) is 0 Å². The first-order valence-corrected chi connectivity index (χ1v) is 7.72. The van der Waals surface area contributed by atoms with Crippen LogP contribution in [0.2, 0.25) is 0 Å². The van der Waals surface area contributed by atoms with Gasteiger partial charge in [0, 0.05) is 6.04 Å². The summed E-state index contributed by atoms with van der Waals surface area (Å²) in [4.78, 5) is 15.8. The van der Waals surface area contributed by atoms with Gasteiger partial charge in [0.2, 0.25) is 5.91 Å². The van der Waals surface area contributed by atoms with Crippen LogP contribution in [0.5, 0.6) is 0 Å². The monoisotopic (exact) mass is 299 g/mol. The van der Waals surface area contributed by atoms with Crippen LogP contribution in [0.25, 0.3) is 5.69 Å². The smallest absolute Gasteiger partial charge is 0.222 e. The molecule has 1 amide bonds. The Bertz CT molecular complexity index is 624. The van der Waals surface area contributed by atoms with Crippen molar-refractivity contribution >= 4 is 5.91 Å². The summed E-state index contributed by atoms with van der Waals surface area (Å²) >= 11 is 0. The lowest BCUT2D eigenvalue weighted by molar-refractivity contribution is -0.123. The molecule has 2 atom stereocenters. The van der Waals surface area contributed by atoms with E-state index in [1.54, 1.807) is 11.0 Å². The van der Waals surface area contributed by atoms with E-state index in [-0.39, 0.29) is 17.9 Å². The highest BCUT2D eigenvalue weighted by molar-refractivity contribution is 5.77. The minimum absolute atomic E-state index is 0.0787. The number of aromatic nitrogens is 3. The van der Waals surface area contributed by atoms with Crippen molar-refractivity contribution in [1.82, 2.24) is 20.1 Å². The van der Waals surface area contributed by atoms with E-state index in [4.69, 9.17) is 5.73 Å². The minimum atomic E-state index is -0.208. The standard InChI is InChI=1S/C16H21N5O/c17-16(22)13-8-4-5-9-14(13)18-10-15-19-11-21(20-15)12-6-2-1-3-7-12/h1-3,6-7,11,13-14,18H,4-5,8-10H2,(H2,17,22)/t13-,14-/m1/s1. The van der Waals surface area contributed by atoms with Gasteiger partial charge in [-0.2, -0.15) is 0 Å². The van der Waals surface area contributed by atoms with Crippen molar-refractivity contribution in [1.29, 1.82) is 0 Å². The van der Waals surface area contributed by atoms with E-state index in [1.807, 2.05) is 30.3 Å². The van der Waals surface area contributed by atoms with Gasteiger partial charge in [0.1, 0.15) is 6.33 Å². The number of para-hydroxylation sites is 1. The van der Waals surface area contributed by atoms with Crippen LogP contribution in [0.15, 0.2) is 36.7 Å². The summed E-state index contributed by atoms with van der Waals surface area (Å²) in [5, 5.41) is 7.86. The summed E-state index contributed by atoms with van der Waals surface area (Å²) in [5.41, 5.74) is 6.47. The molecule has 6 nitrogen and oxygen atoms in total. The summed E-state index contributed by atoms with van der Waals surface area (Å²) in [6.45, 7) is 0.550. The molecule has 0 spiro atoms. The van der Waals surface area contributed by atoms with Gasteiger partial charge in [0.15, 0.2) is 5.82 Å². The van der Waals surface area contributed by atoms with Gasteiger partial charge in [-0.05, 0) is 25.0 Å². The van der Waals surface area contributed by atoms with E-state index in [0.29, 0.717) is 6.54 Å². The van der Waals surface area contributed by atoms with E-state index in [2.05, 4.69) is 15.4 Å². The van der Waals surface area contributed by atoms with Gasteiger partial charge in [0.05, 0.1) is 18.2 Å². The van der Waals surface area contributed by atoms with Crippen LogP contribution in [0.1, 0.15) is 31.5 Å². The number of carbonyl (C=O) groups excluding carboxylic acids is 1. The van der Waals surface area contributed by atoms with Crippen molar-refractivity contribution in [2.24, 2.45) is 11.7 Å². The lowest BCUT2D eigenvalue weighted by Crippen LogP contribution is -2.44. The van der Waals surface area contributed by atoms with Crippen LogP contribution in [0.4, 0.5) is 0 Å². The number of nitrogens with two attached hydrogens (primary N) is 1. The largest absolute Gasteiger partial charge is 0.369 e. The fraction of sp³-hybridized carbons (Fsp3) is 0.438. The van der Waals surface area contributed by atoms with Gasteiger partial charge < -0.3 is 11.1 Å². The van der Waals surface area contributed by atoms with Gasteiger partial charge in [-0.25, -0.2) is 9.67 Å². The number of rotatable bonds is 5. The number of hydrogen-bond acceptors (Lipinski definition) is 4. The predicted octanol–water partition coefficient (Wildman–Crippen LogP) is 1.40. The molecule has 0 saturated heterocycles. The van der Waals surface area contributed by atoms with Gasteiger partial charge in [-0.3, -0.25) is 4.79 Å². The van der Waals surface area contributed by atoms with Gasteiger partial charge >= 0.3 is 0 Å². The molecular formula is C16H21N5O. The number of nitrogens with zero attached hydrogens (tertiary/aromatic N) is 3. The lowest BCUT2D eigenvalue weighted by Gasteiger charge is -2.29. The molecule has 0 bridgehead atoms. The topological polar surface area (TPSA) is 85.8 Å². The van der Waals surface area contributed by atoms with Crippen molar-refractivity contribution in [3.05, 3.63) is 42.5 Å². The second-order valence-electron chi connectivity index (χ2n) is 5.72. The summed E-state index contributed by atoms with van der Waals surface area (Å²) < 4.78 is 1.75. The number of primary amides is 1. The molecule has 116 valence electrons. The lowest BCUT2D eigenvalue weighted by atomic mass is 9.84. The second-order valence-corrected chi connectivity index (χ2v) is 5.72. The maximum absolute atomic E-state index is 11.5. The molecule has 22 heavy (non-hydrogen) atoms. The molecule has 3 rings (SSSR count). The Morgan fingerprint density at radius 1 is 1.27 bits per heavy atom. The Kier molecular flexibility index (Phi) is 4.48. The summed E-state index contributed by atoms with van der Waals surface area (Å²) in [6.07, 6.45) is 5.77. The van der Waals surface area contributed by atoms with E-state index >= 15 is 0 Å². The molecule has 1 saturated carbocycles.